The zero-order valence-corrected chi connectivity index (χ0v) is 20.0. The molecule has 0 spiro atoms. The fourth-order valence-corrected chi connectivity index (χ4v) is 4.19. The number of thioether (sulfide) groups is 1. The Labute approximate surface area is 198 Å². The van der Waals surface area contributed by atoms with Crippen molar-refractivity contribution in [1.29, 1.82) is 0 Å². The number of ether oxygens (including phenoxy) is 2. The molecule has 2 aromatic carbocycles. The summed E-state index contributed by atoms with van der Waals surface area (Å²) in [6.45, 7) is 6.59. The summed E-state index contributed by atoms with van der Waals surface area (Å²) in [5.74, 6) is 1.79. The molecule has 4 rings (SSSR count). The first-order valence-corrected chi connectivity index (χ1v) is 12.3. The van der Waals surface area contributed by atoms with Crippen molar-refractivity contribution < 1.29 is 14.3 Å². The van der Waals surface area contributed by atoms with E-state index in [1.54, 1.807) is 4.90 Å². The highest BCUT2D eigenvalue weighted by Crippen LogP contribution is 2.45. The van der Waals surface area contributed by atoms with E-state index in [4.69, 9.17) is 9.47 Å². The van der Waals surface area contributed by atoms with Gasteiger partial charge in [0.25, 0.3) is 0 Å². The summed E-state index contributed by atoms with van der Waals surface area (Å²) in [5, 5.41) is 9.25. The third-order valence-corrected chi connectivity index (χ3v) is 6.02. The summed E-state index contributed by atoms with van der Waals surface area (Å²) in [6, 6.07) is 15.3. The monoisotopic (exact) mass is 464 g/mol. The smallest absolute Gasteiger partial charge is 0.247 e. The molecule has 3 aromatic rings. The maximum absolute atomic E-state index is 13.3. The molecule has 1 amide bonds. The second kappa shape index (κ2) is 10.7. The molecule has 0 radical (unpaired) electrons. The van der Waals surface area contributed by atoms with Crippen molar-refractivity contribution >= 4 is 23.4 Å². The van der Waals surface area contributed by atoms with Crippen LogP contribution in [0.15, 0.2) is 53.7 Å². The molecule has 1 aromatic heterocycles. The van der Waals surface area contributed by atoms with Crippen LogP contribution in [0.5, 0.6) is 11.6 Å². The predicted octanol–water partition coefficient (Wildman–Crippen LogP) is 5.66. The van der Waals surface area contributed by atoms with E-state index in [2.05, 4.69) is 22.1 Å². The Bertz CT molecular complexity index is 1120. The fourth-order valence-electron chi connectivity index (χ4n) is 3.69. The van der Waals surface area contributed by atoms with Gasteiger partial charge in [0.1, 0.15) is 5.75 Å². The summed E-state index contributed by atoms with van der Waals surface area (Å²) in [7, 11) is 0. The van der Waals surface area contributed by atoms with Crippen LogP contribution in [0.3, 0.4) is 0 Å². The van der Waals surface area contributed by atoms with Crippen LogP contribution in [0.4, 0.5) is 5.69 Å². The van der Waals surface area contributed by atoms with Crippen molar-refractivity contribution in [1.82, 2.24) is 15.2 Å². The molecule has 7 nitrogen and oxygen atoms in total. The molecule has 1 aliphatic rings. The lowest BCUT2D eigenvalue weighted by atomic mass is 10.1. The van der Waals surface area contributed by atoms with Gasteiger partial charge < -0.3 is 9.47 Å². The van der Waals surface area contributed by atoms with Gasteiger partial charge in [0, 0.05) is 12.0 Å². The van der Waals surface area contributed by atoms with Gasteiger partial charge in [-0.3, -0.25) is 9.69 Å². The predicted molar refractivity (Wildman–Crippen MR) is 130 cm³/mol. The lowest BCUT2D eigenvalue weighted by Gasteiger charge is -2.31. The van der Waals surface area contributed by atoms with Gasteiger partial charge >= 0.3 is 0 Å². The molecular formula is C25H28N4O3S. The van der Waals surface area contributed by atoms with E-state index in [0.29, 0.717) is 41.2 Å². The Morgan fingerprint density at radius 1 is 1.09 bits per heavy atom. The Hall–Kier alpha value is -3.13. The van der Waals surface area contributed by atoms with E-state index in [1.165, 1.54) is 11.8 Å². The lowest BCUT2D eigenvalue weighted by molar-refractivity contribution is -0.120. The first kappa shape index (κ1) is 23.0. The maximum atomic E-state index is 13.3. The number of hydrogen-bond acceptors (Lipinski definition) is 7. The fraction of sp³-hybridized carbons (Fsp3) is 0.360. The average molecular weight is 465 g/mol. The highest BCUT2D eigenvalue weighted by Gasteiger charge is 2.36. The Morgan fingerprint density at radius 3 is 2.67 bits per heavy atom. The number of unbranched alkanes of at least 4 members (excludes halogenated alkanes) is 1. The highest BCUT2D eigenvalue weighted by atomic mass is 32.2. The number of rotatable bonds is 8. The number of hydrogen-bond donors (Lipinski definition) is 0. The number of amides is 1. The molecule has 8 heteroatoms. The van der Waals surface area contributed by atoms with Gasteiger partial charge in [-0.15, -0.1) is 10.2 Å². The van der Waals surface area contributed by atoms with Crippen LogP contribution in [0.25, 0.3) is 11.3 Å². The Morgan fingerprint density at radius 2 is 1.88 bits per heavy atom. The molecule has 0 N–H and O–H groups in total. The highest BCUT2D eigenvalue weighted by molar-refractivity contribution is 7.99. The summed E-state index contributed by atoms with van der Waals surface area (Å²) in [4.78, 5) is 19.6. The Kier molecular flexibility index (Phi) is 7.44. The first-order chi connectivity index (χ1) is 16.2. The van der Waals surface area contributed by atoms with Crippen molar-refractivity contribution in [3.63, 3.8) is 0 Å². The maximum Gasteiger partial charge on any atom is 0.247 e. The van der Waals surface area contributed by atoms with Crippen LogP contribution in [0.1, 0.15) is 51.8 Å². The van der Waals surface area contributed by atoms with Crippen LogP contribution in [0, 0.1) is 0 Å². The lowest BCUT2D eigenvalue weighted by Crippen LogP contribution is -2.37. The number of para-hydroxylation sites is 2. The largest absolute Gasteiger partial charge is 0.493 e. The number of carbonyl (C=O) groups excluding carboxylic acids is 1. The van der Waals surface area contributed by atoms with E-state index < -0.39 is 6.23 Å². The molecule has 1 unspecified atom stereocenters. The number of aromatic nitrogens is 3. The second-order valence-electron chi connectivity index (χ2n) is 7.53. The first-order valence-electron chi connectivity index (χ1n) is 11.3. The Balaban J connectivity index is 1.89. The van der Waals surface area contributed by atoms with Gasteiger partial charge in [-0.1, -0.05) is 69.3 Å². The number of carbonyl (C=O) groups is 1. The molecule has 1 atom stereocenters. The topological polar surface area (TPSA) is 77.4 Å². The SMILES string of the molecule is CCCCOc1ccccc1C1Oc2nc(SCC)nnc2-c2ccccc2N1C(=O)CC. The van der Waals surface area contributed by atoms with Gasteiger partial charge in [0.05, 0.1) is 17.9 Å². The van der Waals surface area contributed by atoms with Crippen LogP contribution < -0.4 is 14.4 Å². The van der Waals surface area contributed by atoms with E-state index in [1.807, 2.05) is 62.4 Å². The standard InChI is InChI=1S/C25H28N4O3S/c1-4-7-16-31-20-15-11-9-13-18(20)24-29(21(30)5-2)19-14-10-8-12-17(19)22-23(32-24)26-25(28-27-22)33-6-3/h8-15,24H,4-7,16H2,1-3H3. The van der Waals surface area contributed by atoms with E-state index in [-0.39, 0.29) is 5.91 Å². The molecule has 0 fully saturated rings. The van der Waals surface area contributed by atoms with Crippen molar-refractivity contribution in [2.24, 2.45) is 0 Å². The third-order valence-electron chi connectivity index (χ3n) is 5.30. The van der Waals surface area contributed by atoms with Gasteiger partial charge in [-0.25, -0.2) is 0 Å². The molecule has 0 bridgehead atoms. The van der Waals surface area contributed by atoms with E-state index in [9.17, 15) is 4.79 Å². The molecule has 33 heavy (non-hydrogen) atoms. The van der Waals surface area contributed by atoms with Crippen LogP contribution in [-0.4, -0.2) is 33.4 Å². The normalized spacial score (nSPS) is 14.6. The number of fused-ring (bicyclic) bond motifs is 3. The molecule has 0 saturated heterocycles. The number of benzene rings is 2. The van der Waals surface area contributed by atoms with Crippen LogP contribution in [0.2, 0.25) is 0 Å². The minimum Gasteiger partial charge on any atom is -0.493 e. The van der Waals surface area contributed by atoms with Gasteiger partial charge in [0.2, 0.25) is 23.2 Å². The molecule has 0 saturated carbocycles. The van der Waals surface area contributed by atoms with Gasteiger partial charge in [0.15, 0.2) is 5.69 Å². The quantitative estimate of drug-likeness (QED) is 0.314. The summed E-state index contributed by atoms with van der Waals surface area (Å²) in [5.41, 5.74) is 2.76. The zero-order chi connectivity index (χ0) is 23.2. The minimum atomic E-state index is -0.756. The summed E-state index contributed by atoms with van der Waals surface area (Å²) < 4.78 is 12.6. The second-order valence-corrected chi connectivity index (χ2v) is 8.76. The molecule has 172 valence electrons. The van der Waals surface area contributed by atoms with Crippen molar-refractivity contribution in [2.45, 2.75) is 51.4 Å². The van der Waals surface area contributed by atoms with E-state index in [0.717, 1.165) is 29.7 Å². The molecule has 2 heterocycles. The summed E-state index contributed by atoms with van der Waals surface area (Å²) in [6.07, 6.45) is 1.54. The third kappa shape index (κ3) is 4.80. The van der Waals surface area contributed by atoms with Crippen molar-refractivity contribution in [2.75, 3.05) is 17.3 Å². The van der Waals surface area contributed by atoms with Gasteiger partial charge in [-0.2, -0.15) is 4.98 Å². The van der Waals surface area contributed by atoms with E-state index >= 15 is 0 Å². The van der Waals surface area contributed by atoms with Crippen molar-refractivity contribution in [3.05, 3.63) is 54.1 Å². The van der Waals surface area contributed by atoms with Crippen LogP contribution in [-0.2, 0) is 4.79 Å². The minimum absolute atomic E-state index is 0.0697. The zero-order valence-electron chi connectivity index (χ0n) is 19.2. The van der Waals surface area contributed by atoms with Crippen molar-refractivity contribution in [3.8, 4) is 22.9 Å². The summed E-state index contributed by atoms with van der Waals surface area (Å²) >= 11 is 1.49. The number of anilines is 1. The molecule has 0 aliphatic carbocycles. The number of nitrogens with zero attached hydrogens (tertiary/aromatic N) is 4. The molecular weight excluding hydrogens is 436 g/mol. The van der Waals surface area contributed by atoms with Gasteiger partial charge in [-0.05, 0) is 30.4 Å². The van der Waals surface area contributed by atoms with Crippen LogP contribution >= 0.6 is 11.8 Å². The average Bonchev–Trinajstić information content (AvgIpc) is 2.98. The molecule has 1 aliphatic heterocycles.